The van der Waals surface area contributed by atoms with Crippen LogP contribution >= 0.6 is 0 Å². The second kappa shape index (κ2) is 10.4. The van der Waals surface area contributed by atoms with E-state index in [-0.39, 0.29) is 30.2 Å². The lowest BCUT2D eigenvalue weighted by molar-refractivity contribution is 0.0666. The van der Waals surface area contributed by atoms with Crippen molar-refractivity contribution in [3.8, 4) is 17.6 Å². The van der Waals surface area contributed by atoms with Gasteiger partial charge in [0.1, 0.15) is 24.6 Å². The van der Waals surface area contributed by atoms with Crippen LogP contribution in [-0.4, -0.2) is 37.5 Å². The fraction of sp³-hybridized carbons (Fsp3) is 0.250. The first kappa shape index (κ1) is 22.0. The van der Waals surface area contributed by atoms with Gasteiger partial charge in [-0.2, -0.15) is 0 Å². The van der Waals surface area contributed by atoms with E-state index >= 15 is 0 Å². The molecule has 0 bridgehead atoms. The lowest BCUT2D eigenvalue weighted by Crippen LogP contribution is -2.45. The molecule has 0 saturated carbocycles. The third kappa shape index (κ3) is 5.40. The van der Waals surface area contributed by atoms with Crippen LogP contribution < -0.4 is 15.4 Å². The molecule has 172 valence electrons. The van der Waals surface area contributed by atoms with Crippen molar-refractivity contribution in [2.24, 2.45) is 5.92 Å². The summed E-state index contributed by atoms with van der Waals surface area (Å²) in [6.45, 7) is 1.40. The number of anilines is 1. The number of rotatable bonds is 5. The molecule has 0 spiro atoms. The monoisotopic (exact) mass is 454 g/mol. The van der Waals surface area contributed by atoms with Gasteiger partial charge in [0.05, 0.1) is 25.2 Å². The normalized spacial score (nSPS) is 22.8. The molecule has 5 rings (SSSR count). The molecule has 6 nitrogen and oxygen atoms in total. The topological polar surface area (TPSA) is 68.8 Å². The van der Waals surface area contributed by atoms with E-state index in [1.54, 1.807) is 0 Å². The molecular formula is C28H26N2O4. The quantitative estimate of drug-likeness (QED) is 0.567. The number of hydrogen-bond acceptors (Lipinski definition) is 4. The van der Waals surface area contributed by atoms with Gasteiger partial charge in [-0.3, -0.25) is 0 Å². The van der Waals surface area contributed by atoms with Gasteiger partial charge in [0.25, 0.3) is 0 Å². The molecule has 6 heteroatoms. The highest BCUT2D eigenvalue weighted by Gasteiger charge is 2.47. The molecule has 2 aliphatic heterocycles. The predicted octanol–water partition coefficient (Wildman–Crippen LogP) is 4.22. The molecule has 2 heterocycles. The Hall–Kier alpha value is -3.79. The van der Waals surface area contributed by atoms with Crippen LogP contribution in [-0.2, 0) is 16.1 Å². The highest BCUT2D eigenvalue weighted by molar-refractivity contribution is 5.89. The molecule has 2 saturated heterocycles. The highest BCUT2D eigenvalue weighted by Crippen LogP contribution is 2.31. The van der Waals surface area contributed by atoms with Crippen molar-refractivity contribution in [3.05, 3.63) is 96.1 Å². The Labute approximate surface area is 199 Å². The Morgan fingerprint density at radius 2 is 1.59 bits per heavy atom. The number of benzene rings is 3. The van der Waals surface area contributed by atoms with Gasteiger partial charge in [-0.1, -0.05) is 60.4 Å². The highest BCUT2D eigenvalue weighted by atomic mass is 16.6. The summed E-state index contributed by atoms with van der Waals surface area (Å²) in [7, 11) is 0. The first-order valence-electron chi connectivity index (χ1n) is 11.4. The summed E-state index contributed by atoms with van der Waals surface area (Å²) in [4.78, 5) is 12.6. The van der Waals surface area contributed by atoms with E-state index < -0.39 is 0 Å². The molecular weight excluding hydrogens is 428 g/mol. The number of carbonyl (C=O) groups excluding carboxylic acids is 1. The Morgan fingerprint density at radius 1 is 0.882 bits per heavy atom. The molecule has 0 aliphatic carbocycles. The number of hydrogen-bond donors (Lipinski definition) is 2. The zero-order valence-electron chi connectivity index (χ0n) is 18.6. The van der Waals surface area contributed by atoms with Gasteiger partial charge < -0.3 is 24.8 Å². The Kier molecular flexibility index (Phi) is 6.76. The molecule has 2 aliphatic rings. The predicted molar refractivity (Wildman–Crippen MR) is 129 cm³/mol. The molecule has 2 amide bonds. The average Bonchev–Trinajstić information content (AvgIpc) is 3.46. The number of nitrogens with one attached hydrogen (secondary N) is 2. The maximum absolute atomic E-state index is 12.6. The zero-order valence-corrected chi connectivity index (χ0v) is 18.6. The number of carbonyl (C=O) groups is 1. The molecule has 2 N–H and O–H groups in total. The third-order valence-corrected chi connectivity index (χ3v) is 5.91. The molecule has 3 aromatic rings. The van der Waals surface area contributed by atoms with Gasteiger partial charge in [0.15, 0.2) is 0 Å². The average molecular weight is 455 g/mol. The fourth-order valence-electron chi connectivity index (χ4n) is 4.16. The van der Waals surface area contributed by atoms with Crippen molar-refractivity contribution < 1.29 is 19.0 Å². The Balaban J connectivity index is 1.10. The fourth-order valence-corrected chi connectivity index (χ4v) is 4.16. The van der Waals surface area contributed by atoms with Gasteiger partial charge in [-0.25, -0.2) is 4.79 Å². The minimum atomic E-state index is -0.297. The van der Waals surface area contributed by atoms with Crippen molar-refractivity contribution in [3.63, 3.8) is 0 Å². The van der Waals surface area contributed by atoms with Crippen LogP contribution in [0.2, 0.25) is 0 Å². The smallest absolute Gasteiger partial charge is 0.319 e. The Bertz CT molecular complexity index is 1160. The molecule has 4 atom stereocenters. The van der Waals surface area contributed by atoms with Gasteiger partial charge in [0, 0.05) is 11.3 Å². The van der Waals surface area contributed by atoms with Crippen molar-refractivity contribution in [1.29, 1.82) is 0 Å². The molecule has 3 aromatic carbocycles. The molecule has 0 aromatic heterocycles. The van der Waals surface area contributed by atoms with E-state index in [1.165, 1.54) is 0 Å². The summed E-state index contributed by atoms with van der Waals surface area (Å²) in [6, 6.07) is 26.6. The minimum absolute atomic E-state index is 0.0107. The van der Waals surface area contributed by atoms with Crippen molar-refractivity contribution >= 4 is 11.7 Å². The van der Waals surface area contributed by atoms with Gasteiger partial charge in [0.2, 0.25) is 0 Å². The standard InChI is InChI=1S/C28H26N2O4/c31-28(29-23-13-15-24(16-14-23)32-17-21-9-5-2-6-10-21)30-25-19-34-26-22(18-33-27(25)26)12-11-20-7-3-1-4-8-20/h1-10,13-16,22,25-27H,17-19H2,(H2,29,30,31)/t22-,25+,26?,27-/m1/s1. The third-order valence-electron chi connectivity index (χ3n) is 5.91. The largest absolute Gasteiger partial charge is 0.489 e. The zero-order chi connectivity index (χ0) is 23.2. The van der Waals surface area contributed by atoms with Gasteiger partial charge in [-0.05, 0) is 42.0 Å². The molecule has 2 fully saturated rings. The van der Waals surface area contributed by atoms with E-state index in [0.717, 1.165) is 16.9 Å². The van der Waals surface area contributed by atoms with Gasteiger partial charge in [-0.15, -0.1) is 0 Å². The second-order valence-electron chi connectivity index (χ2n) is 8.34. The second-order valence-corrected chi connectivity index (χ2v) is 8.34. The summed E-state index contributed by atoms with van der Waals surface area (Å²) < 4.78 is 17.7. The summed E-state index contributed by atoms with van der Waals surface area (Å²) in [5, 5.41) is 5.84. The van der Waals surface area contributed by atoms with E-state index in [0.29, 0.717) is 25.5 Å². The molecule has 34 heavy (non-hydrogen) atoms. The van der Waals surface area contributed by atoms with Crippen LogP contribution in [0.5, 0.6) is 5.75 Å². The summed E-state index contributed by atoms with van der Waals surface area (Å²) in [5.74, 6) is 7.19. The van der Waals surface area contributed by atoms with E-state index in [2.05, 4.69) is 22.5 Å². The first-order valence-corrected chi connectivity index (χ1v) is 11.4. The van der Waals surface area contributed by atoms with Crippen LogP contribution in [0.4, 0.5) is 10.5 Å². The van der Waals surface area contributed by atoms with Crippen LogP contribution in [0.3, 0.4) is 0 Å². The van der Waals surface area contributed by atoms with Crippen LogP contribution in [0.15, 0.2) is 84.9 Å². The van der Waals surface area contributed by atoms with E-state index in [9.17, 15) is 4.79 Å². The Morgan fingerprint density at radius 3 is 2.35 bits per heavy atom. The minimum Gasteiger partial charge on any atom is -0.489 e. The van der Waals surface area contributed by atoms with Crippen molar-refractivity contribution in [2.45, 2.75) is 24.9 Å². The summed E-state index contributed by atoms with van der Waals surface area (Å²) >= 11 is 0. The van der Waals surface area contributed by atoms with Crippen molar-refractivity contribution in [1.82, 2.24) is 5.32 Å². The lowest BCUT2D eigenvalue weighted by Gasteiger charge is -2.18. The maximum atomic E-state index is 12.6. The number of urea groups is 1. The maximum Gasteiger partial charge on any atom is 0.319 e. The van der Waals surface area contributed by atoms with E-state index in [4.69, 9.17) is 14.2 Å². The van der Waals surface area contributed by atoms with Crippen molar-refractivity contribution in [2.75, 3.05) is 18.5 Å². The van der Waals surface area contributed by atoms with Crippen LogP contribution in [0.25, 0.3) is 0 Å². The number of fused-ring (bicyclic) bond motifs is 1. The van der Waals surface area contributed by atoms with Gasteiger partial charge >= 0.3 is 6.03 Å². The number of amides is 2. The molecule has 0 radical (unpaired) electrons. The van der Waals surface area contributed by atoms with E-state index in [1.807, 2.05) is 84.9 Å². The van der Waals surface area contributed by atoms with Crippen LogP contribution in [0.1, 0.15) is 11.1 Å². The SMILES string of the molecule is O=C(Nc1ccc(OCc2ccccc2)cc1)N[C@H]1COC2[C@H](C#Cc3ccccc3)CO[C@@H]21. The lowest BCUT2D eigenvalue weighted by atomic mass is 10.0. The number of ether oxygens (including phenoxy) is 3. The summed E-state index contributed by atoms with van der Waals surface area (Å²) in [5.41, 5.74) is 2.75. The van der Waals surface area contributed by atoms with Crippen LogP contribution in [0, 0.1) is 17.8 Å². The summed E-state index contributed by atoms with van der Waals surface area (Å²) in [6.07, 6.45) is -0.336. The first-order chi connectivity index (χ1) is 16.7. The molecule has 1 unspecified atom stereocenters.